The Morgan fingerprint density at radius 1 is 1.00 bits per heavy atom. The van der Waals surface area contributed by atoms with Crippen molar-refractivity contribution < 1.29 is 8.78 Å². The maximum absolute atomic E-state index is 13.7. The molecule has 5 rings (SSSR count). The quantitative estimate of drug-likeness (QED) is 0.593. The lowest BCUT2D eigenvalue weighted by molar-refractivity contribution is 0.509. The summed E-state index contributed by atoms with van der Waals surface area (Å²) in [6.07, 6.45) is 3.75. The third-order valence-corrected chi connectivity index (χ3v) is 4.76. The van der Waals surface area contributed by atoms with E-state index in [1.165, 1.54) is 6.07 Å². The standard InChI is InChI=1S/C19H14F2N4/c20-14-5-3-12(9-15(14)21)19-18(17-2-1-7-25(17)24-19)11-4-6-16-13(8-11)10-22-23-16/h3-6,8-10H,1-2,7H2,(H,22,23). The predicted octanol–water partition coefficient (Wildman–Crippen LogP) is 4.32. The smallest absolute Gasteiger partial charge is 0.159 e. The highest BCUT2D eigenvalue weighted by molar-refractivity contribution is 5.89. The van der Waals surface area contributed by atoms with Crippen LogP contribution in [0.15, 0.2) is 42.6 Å². The molecule has 2 aromatic carbocycles. The number of fused-ring (bicyclic) bond motifs is 2. The van der Waals surface area contributed by atoms with Gasteiger partial charge in [-0.25, -0.2) is 8.78 Å². The lowest BCUT2D eigenvalue weighted by atomic mass is 9.97. The number of aryl methyl sites for hydroxylation is 1. The highest BCUT2D eigenvalue weighted by Crippen LogP contribution is 2.38. The minimum atomic E-state index is -0.859. The number of benzene rings is 2. The Bertz CT molecular complexity index is 1110. The molecule has 0 saturated heterocycles. The molecular formula is C19H14F2N4. The zero-order chi connectivity index (χ0) is 17.0. The van der Waals surface area contributed by atoms with Gasteiger partial charge in [0.25, 0.3) is 0 Å². The molecule has 124 valence electrons. The van der Waals surface area contributed by atoms with E-state index in [0.717, 1.165) is 53.2 Å². The van der Waals surface area contributed by atoms with Gasteiger partial charge in [0.15, 0.2) is 11.6 Å². The van der Waals surface area contributed by atoms with E-state index in [-0.39, 0.29) is 0 Å². The number of nitrogens with zero attached hydrogens (tertiary/aromatic N) is 3. The minimum Gasteiger partial charge on any atom is -0.278 e. The van der Waals surface area contributed by atoms with Gasteiger partial charge in [-0.3, -0.25) is 9.78 Å². The molecule has 0 atom stereocenters. The maximum atomic E-state index is 13.7. The molecule has 0 spiro atoms. The van der Waals surface area contributed by atoms with E-state index < -0.39 is 11.6 Å². The first-order valence-corrected chi connectivity index (χ1v) is 8.19. The van der Waals surface area contributed by atoms with Crippen molar-refractivity contribution in [3.8, 4) is 22.4 Å². The summed E-state index contributed by atoms with van der Waals surface area (Å²) in [5.41, 5.74) is 5.38. The zero-order valence-corrected chi connectivity index (χ0v) is 13.3. The summed E-state index contributed by atoms with van der Waals surface area (Å²) < 4.78 is 29.1. The van der Waals surface area contributed by atoms with Crippen molar-refractivity contribution >= 4 is 10.9 Å². The molecule has 4 nitrogen and oxygen atoms in total. The van der Waals surface area contributed by atoms with Crippen LogP contribution in [0.4, 0.5) is 8.78 Å². The molecule has 0 aliphatic carbocycles. The summed E-state index contributed by atoms with van der Waals surface area (Å²) in [5, 5.41) is 12.7. The topological polar surface area (TPSA) is 46.5 Å². The Hall–Kier alpha value is -3.02. The van der Waals surface area contributed by atoms with Crippen molar-refractivity contribution in [3.63, 3.8) is 0 Å². The normalized spacial score (nSPS) is 13.5. The molecule has 1 aliphatic rings. The van der Waals surface area contributed by atoms with E-state index in [2.05, 4.69) is 21.4 Å². The Kier molecular flexibility index (Phi) is 3.00. The molecule has 0 unspecified atom stereocenters. The zero-order valence-electron chi connectivity index (χ0n) is 13.3. The molecular weight excluding hydrogens is 322 g/mol. The largest absolute Gasteiger partial charge is 0.278 e. The first-order chi connectivity index (χ1) is 12.2. The van der Waals surface area contributed by atoms with Crippen molar-refractivity contribution in [2.24, 2.45) is 0 Å². The predicted molar refractivity (Wildman–Crippen MR) is 91.0 cm³/mol. The third kappa shape index (κ3) is 2.17. The molecule has 1 aliphatic heterocycles. The van der Waals surface area contributed by atoms with Crippen LogP contribution in [0.25, 0.3) is 33.3 Å². The van der Waals surface area contributed by atoms with E-state index in [0.29, 0.717) is 11.3 Å². The maximum Gasteiger partial charge on any atom is 0.159 e. The van der Waals surface area contributed by atoms with Crippen LogP contribution < -0.4 is 0 Å². The molecule has 0 radical (unpaired) electrons. The van der Waals surface area contributed by atoms with Crippen molar-refractivity contribution in [1.82, 2.24) is 20.0 Å². The fraction of sp³-hybridized carbons (Fsp3) is 0.158. The SMILES string of the molecule is Fc1ccc(-c2nn3c(c2-c2ccc4[nH]ncc4c2)CCC3)cc1F. The van der Waals surface area contributed by atoms with Crippen LogP contribution in [-0.4, -0.2) is 20.0 Å². The van der Waals surface area contributed by atoms with Crippen LogP contribution in [-0.2, 0) is 13.0 Å². The number of aromatic amines is 1. The van der Waals surface area contributed by atoms with Crippen LogP contribution >= 0.6 is 0 Å². The van der Waals surface area contributed by atoms with Crippen LogP contribution in [0.5, 0.6) is 0 Å². The van der Waals surface area contributed by atoms with E-state index in [9.17, 15) is 8.78 Å². The van der Waals surface area contributed by atoms with E-state index in [4.69, 9.17) is 0 Å². The molecule has 2 aromatic heterocycles. The van der Waals surface area contributed by atoms with Gasteiger partial charge in [-0.1, -0.05) is 6.07 Å². The second-order valence-electron chi connectivity index (χ2n) is 6.30. The monoisotopic (exact) mass is 336 g/mol. The number of rotatable bonds is 2. The molecule has 25 heavy (non-hydrogen) atoms. The minimum absolute atomic E-state index is 0.586. The van der Waals surface area contributed by atoms with Crippen molar-refractivity contribution in [2.45, 2.75) is 19.4 Å². The molecule has 0 fully saturated rings. The van der Waals surface area contributed by atoms with Gasteiger partial charge in [-0.2, -0.15) is 10.2 Å². The van der Waals surface area contributed by atoms with Gasteiger partial charge in [0.2, 0.25) is 0 Å². The van der Waals surface area contributed by atoms with Gasteiger partial charge in [-0.05, 0) is 48.7 Å². The summed E-state index contributed by atoms with van der Waals surface area (Å²) in [5.74, 6) is -1.71. The average Bonchev–Trinajstić information content (AvgIpc) is 3.31. The second kappa shape index (κ2) is 5.24. The third-order valence-electron chi connectivity index (χ3n) is 4.76. The van der Waals surface area contributed by atoms with E-state index >= 15 is 0 Å². The number of aromatic nitrogens is 4. The van der Waals surface area contributed by atoms with Crippen molar-refractivity contribution in [1.29, 1.82) is 0 Å². The Labute approximate surface area is 142 Å². The van der Waals surface area contributed by atoms with Gasteiger partial charge in [-0.15, -0.1) is 0 Å². The fourth-order valence-electron chi connectivity index (χ4n) is 3.58. The summed E-state index contributed by atoms with van der Waals surface area (Å²) in [6.45, 7) is 0.847. The van der Waals surface area contributed by atoms with Crippen LogP contribution in [0, 0.1) is 11.6 Å². The van der Waals surface area contributed by atoms with Crippen LogP contribution in [0.3, 0.4) is 0 Å². The first kappa shape index (κ1) is 14.3. The Balaban J connectivity index is 1.76. The van der Waals surface area contributed by atoms with Gasteiger partial charge in [0.05, 0.1) is 11.7 Å². The Morgan fingerprint density at radius 2 is 1.88 bits per heavy atom. The van der Waals surface area contributed by atoms with E-state index in [1.54, 1.807) is 12.3 Å². The molecule has 1 N–H and O–H groups in total. The molecule has 6 heteroatoms. The fourth-order valence-corrected chi connectivity index (χ4v) is 3.58. The molecule has 0 saturated carbocycles. The Morgan fingerprint density at radius 3 is 2.76 bits per heavy atom. The van der Waals surface area contributed by atoms with Crippen molar-refractivity contribution in [3.05, 3.63) is 59.9 Å². The van der Waals surface area contributed by atoms with Crippen LogP contribution in [0.2, 0.25) is 0 Å². The number of hydrogen-bond donors (Lipinski definition) is 1. The number of H-pyrrole nitrogens is 1. The highest BCUT2D eigenvalue weighted by atomic mass is 19.2. The number of nitrogens with one attached hydrogen (secondary N) is 1. The van der Waals surface area contributed by atoms with Crippen LogP contribution in [0.1, 0.15) is 12.1 Å². The molecule has 0 bridgehead atoms. The van der Waals surface area contributed by atoms with E-state index in [1.807, 2.05) is 16.8 Å². The second-order valence-corrected chi connectivity index (χ2v) is 6.30. The average molecular weight is 336 g/mol. The molecule has 4 aromatic rings. The lowest BCUT2D eigenvalue weighted by Crippen LogP contribution is -1.94. The summed E-state index contributed by atoms with van der Waals surface area (Å²) >= 11 is 0. The van der Waals surface area contributed by atoms with Gasteiger partial charge < -0.3 is 0 Å². The molecule has 3 heterocycles. The first-order valence-electron chi connectivity index (χ1n) is 8.19. The molecule has 0 amide bonds. The number of halogens is 2. The van der Waals surface area contributed by atoms with Crippen molar-refractivity contribution in [2.75, 3.05) is 0 Å². The summed E-state index contributed by atoms with van der Waals surface area (Å²) in [4.78, 5) is 0. The lowest BCUT2D eigenvalue weighted by Gasteiger charge is -2.06. The summed E-state index contributed by atoms with van der Waals surface area (Å²) in [7, 11) is 0. The van der Waals surface area contributed by atoms with Gasteiger partial charge in [0.1, 0.15) is 5.69 Å². The number of hydrogen-bond acceptors (Lipinski definition) is 2. The summed E-state index contributed by atoms with van der Waals surface area (Å²) in [6, 6.07) is 9.99. The highest BCUT2D eigenvalue weighted by Gasteiger charge is 2.24. The van der Waals surface area contributed by atoms with Gasteiger partial charge >= 0.3 is 0 Å². The van der Waals surface area contributed by atoms with Gasteiger partial charge in [0, 0.05) is 28.8 Å².